The molecular formula is C44H27N3. The smallest absolute Gasteiger partial charge is 0.0972 e. The molecule has 0 aliphatic carbocycles. The third-order valence-corrected chi connectivity index (χ3v) is 9.59. The summed E-state index contributed by atoms with van der Waals surface area (Å²) >= 11 is 0. The van der Waals surface area contributed by atoms with Crippen molar-refractivity contribution in [2.75, 3.05) is 0 Å². The number of hydrogen-bond acceptors (Lipinski definition) is 2. The van der Waals surface area contributed by atoms with E-state index in [2.05, 4.69) is 156 Å². The van der Waals surface area contributed by atoms with Crippen molar-refractivity contribution in [2.45, 2.75) is 0 Å². The van der Waals surface area contributed by atoms with Gasteiger partial charge in [-0.2, -0.15) is 0 Å². The molecule has 10 rings (SSSR count). The van der Waals surface area contributed by atoms with E-state index in [0.717, 1.165) is 38.8 Å². The highest BCUT2D eigenvalue weighted by Crippen LogP contribution is 2.44. The monoisotopic (exact) mass is 597 g/mol. The van der Waals surface area contributed by atoms with Gasteiger partial charge in [0.2, 0.25) is 0 Å². The van der Waals surface area contributed by atoms with Crippen molar-refractivity contribution in [3.63, 3.8) is 0 Å². The lowest BCUT2D eigenvalue weighted by Gasteiger charge is -2.18. The molecule has 0 saturated heterocycles. The molecule has 0 radical (unpaired) electrons. The van der Waals surface area contributed by atoms with E-state index in [1.165, 1.54) is 54.5 Å². The van der Waals surface area contributed by atoms with Gasteiger partial charge in [-0.3, -0.25) is 4.98 Å². The molecule has 3 nitrogen and oxygen atoms in total. The van der Waals surface area contributed by atoms with Gasteiger partial charge < -0.3 is 4.57 Å². The average Bonchev–Trinajstić information content (AvgIpc) is 3.48. The second-order valence-corrected chi connectivity index (χ2v) is 12.2. The van der Waals surface area contributed by atoms with Gasteiger partial charge >= 0.3 is 0 Å². The molecule has 0 fully saturated rings. The summed E-state index contributed by atoms with van der Waals surface area (Å²) in [6.45, 7) is 0. The molecule has 218 valence electrons. The summed E-state index contributed by atoms with van der Waals surface area (Å²) in [6, 6.07) is 56.6. The molecule has 3 heteroatoms. The van der Waals surface area contributed by atoms with Gasteiger partial charge in [-0.25, -0.2) is 4.98 Å². The quantitative estimate of drug-likeness (QED) is 0.150. The Hall–Kier alpha value is -6.32. The minimum atomic E-state index is 0.928. The fourth-order valence-electron chi connectivity index (χ4n) is 7.58. The summed E-state index contributed by atoms with van der Waals surface area (Å²) in [6.07, 6.45) is 1.85. The third kappa shape index (κ3) is 3.87. The van der Waals surface area contributed by atoms with Crippen LogP contribution in [0, 0.1) is 0 Å². The molecule has 10 aromatic rings. The Morgan fingerprint density at radius 3 is 1.62 bits per heavy atom. The van der Waals surface area contributed by atoms with Crippen molar-refractivity contribution in [2.24, 2.45) is 0 Å². The summed E-state index contributed by atoms with van der Waals surface area (Å²) in [7, 11) is 0. The van der Waals surface area contributed by atoms with Crippen LogP contribution >= 0.6 is 0 Å². The molecule has 0 unspecified atom stereocenters. The Labute approximate surface area is 271 Å². The van der Waals surface area contributed by atoms with Crippen LogP contribution in [0.3, 0.4) is 0 Å². The topological polar surface area (TPSA) is 30.7 Å². The van der Waals surface area contributed by atoms with Gasteiger partial charge in [-0.05, 0) is 69.1 Å². The molecule has 0 N–H and O–H groups in total. The first-order valence-corrected chi connectivity index (χ1v) is 16.0. The molecule has 7 aromatic carbocycles. The van der Waals surface area contributed by atoms with Crippen LogP contribution in [0.4, 0.5) is 0 Å². The summed E-state index contributed by atoms with van der Waals surface area (Å²) in [4.78, 5) is 10.0. The maximum Gasteiger partial charge on any atom is 0.0972 e. The largest absolute Gasteiger partial charge is 0.309 e. The highest BCUT2D eigenvalue weighted by Gasteiger charge is 2.19. The van der Waals surface area contributed by atoms with Crippen LogP contribution in [0.1, 0.15) is 0 Å². The van der Waals surface area contributed by atoms with E-state index in [0.29, 0.717) is 0 Å². The Morgan fingerprint density at radius 1 is 0.404 bits per heavy atom. The van der Waals surface area contributed by atoms with E-state index in [9.17, 15) is 0 Å². The molecule has 47 heavy (non-hydrogen) atoms. The predicted molar refractivity (Wildman–Crippen MR) is 197 cm³/mol. The predicted octanol–water partition coefficient (Wildman–Crippen LogP) is 11.5. The number of para-hydroxylation sites is 2. The molecular weight excluding hydrogens is 571 g/mol. The maximum absolute atomic E-state index is 5.32. The summed E-state index contributed by atoms with van der Waals surface area (Å²) in [5, 5.41) is 9.49. The molecule has 0 bridgehead atoms. The number of nitrogens with zero attached hydrogens (tertiary/aromatic N) is 3. The van der Waals surface area contributed by atoms with Gasteiger partial charge in [-0.1, -0.05) is 121 Å². The van der Waals surface area contributed by atoms with Gasteiger partial charge in [0.05, 0.1) is 27.8 Å². The van der Waals surface area contributed by atoms with Crippen LogP contribution in [0.15, 0.2) is 164 Å². The zero-order chi connectivity index (χ0) is 30.9. The molecule has 0 atom stereocenters. The molecule has 3 heterocycles. The van der Waals surface area contributed by atoms with E-state index in [1.807, 2.05) is 12.3 Å². The fourth-order valence-corrected chi connectivity index (χ4v) is 7.58. The van der Waals surface area contributed by atoms with Gasteiger partial charge in [0.15, 0.2) is 0 Å². The van der Waals surface area contributed by atoms with E-state index < -0.39 is 0 Å². The third-order valence-electron chi connectivity index (χ3n) is 9.59. The standard InChI is InChI=1S/C44H27N3/c1-3-18-36-34(16-1)41(30-11-9-13-31(27-30)47-39-20-7-5-14-32(39)33-15-6-8-21-40(33)47)35-17-2-4-19-37(35)42(36)38-25-24-29-23-22-28-12-10-26-45-43(28)44(29)46-38/h1-27H. The molecule has 0 spiro atoms. The van der Waals surface area contributed by atoms with Crippen LogP contribution < -0.4 is 0 Å². The zero-order valence-electron chi connectivity index (χ0n) is 25.4. The molecule has 0 amide bonds. The molecule has 0 aliphatic heterocycles. The van der Waals surface area contributed by atoms with Crippen molar-refractivity contribution in [3.8, 4) is 28.1 Å². The first-order chi connectivity index (χ1) is 23.3. The number of pyridine rings is 2. The van der Waals surface area contributed by atoms with Crippen molar-refractivity contribution in [1.82, 2.24) is 14.5 Å². The van der Waals surface area contributed by atoms with Crippen LogP contribution in [0.25, 0.3) is 93.2 Å². The van der Waals surface area contributed by atoms with Gasteiger partial charge in [0.1, 0.15) is 0 Å². The Morgan fingerprint density at radius 2 is 0.957 bits per heavy atom. The van der Waals surface area contributed by atoms with E-state index in [1.54, 1.807) is 0 Å². The highest BCUT2D eigenvalue weighted by molar-refractivity contribution is 6.21. The van der Waals surface area contributed by atoms with Crippen LogP contribution in [0.2, 0.25) is 0 Å². The van der Waals surface area contributed by atoms with Crippen LogP contribution in [-0.2, 0) is 0 Å². The Kier molecular flexibility index (Phi) is 5.57. The number of fused-ring (bicyclic) bond motifs is 8. The first-order valence-electron chi connectivity index (χ1n) is 16.0. The number of benzene rings is 7. The molecule has 3 aromatic heterocycles. The second kappa shape index (κ2) is 10.1. The fraction of sp³-hybridized carbons (Fsp3) is 0. The van der Waals surface area contributed by atoms with Gasteiger partial charge in [0, 0.05) is 39.0 Å². The first kappa shape index (κ1) is 26.0. The summed E-state index contributed by atoms with van der Waals surface area (Å²) in [5.74, 6) is 0. The summed E-state index contributed by atoms with van der Waals surface area (Å²) in [5.41, 5.74) is 9.94. The normalized spacial score (nSPS) is 11.8. The lowest BCUT2D eigenvalue weighted by atomic mass is 9.87. The van der Waals surface area contributed by atoms with Crippen molar-refractivity contribution >= 4 is 65.2 Å². The van der Waals surface area contributed by atoms with E-state index >= 15 is 0 Å². The zero-order valence-corrected chi connectivity index (χ0v) is 25.4. The van der Waals surface area contributed by atoms with Crippen molar-refractivity contribution in [3.05, 3.63) is 164 Å². The number of aromatic nitrogens is 3. The van der Waals surface area contributed by atoms with Crippen LogP contribution in [-0.4, -0.2) is 14.5 Å². The number of hydrogen-bond donors (Lipinski definition) is 0. The maximum atomic E-state index is 5.32. The highest BCUT2D eigenvalue weighted by atomic mass is 15.0. The van der Waals surface area contributed by atoms with Gasteiger partial charge in [0.25, 0.3) is 0 Å². The van der Waals surface area contributed by atoms with E-state index in [4.69, 9.17) is 9.97 Å². The average molecular weight is 598 g/mol. The lowest BCUT2D eigenvalue weighted by Crippen LogP contribution is -1.96. The van der Waals surface area contributed by atoms with Crippen LogP contribution in [0.5, 0.6) is 0 Å². The lowest BCUT2D eigenvalue weighted by molar-refractivity contribution is 1.18. The minimum Gasteiger partial charge on any atom is -0.309 e. The van der Waals surface area contributed by atoms with Gasteiger partial charge in [-0.15, -0.1) is 0 Å². The second-order valence-electron chi connectivity index (χ2n) is 12.2. The minimum absolute atomic E-state index is 0.928. The van der Waals surface area contributed by atoms with E-state index in [-0.39, 0.29) is 0 Å². The van der Waals surface area contributed by atoms with Crippen molar-refractivity contribution < 1.29 is 0 Å². The molecule has 0 aliphatic rings. The van der Waals surface area contributed by atoms with Crippen molar-refractivity contribution in [1.29, 1.82) is 0 Å². The molecule has 0 saturated carbocycles. The summed E-state index contributed by atoms with van der Waals surface area (Å²) < 4.78 is 2.39. The Balaban J connectivity index is 1.26. The number of rotatable bonds is 3. The SMILES string of the molecule is c1cc(-c2c3ccccc3c(-c3ccc4ccc5cccnc5c4n3)c3ccccc23)cc(-n2c3ccccc3c3ccccc32)c1. The Bertz CT molecular complexity index is 2750.